The molecule has 4 rings (SSSR count). The lowest BCUT2D eigenvalue weighted by atomic mass is 10.1. The lowest BCUT2D eigenvalue weighted by Crippen LogP contribution is -2.11. The minimum Gasteiger partial charge on any atom is -0.337 e. The summed E-state index contributed by atoms with van der Waals surface area (Å²) in [5.74, 6) is 2.11. The maximum absolute atomic E-state index is 5.38. The van der Waals surface area contributed by atoms with Gasteiger partial charge in [0.05, 0.1) is 5.69 Å². The molecule has 25 heavy (non-hydrogen) atoms. The van der Waals surface area contributed by atoms with Crippen LogP contribution in [-0.4, -0.2) is 29.5 Å². The zero-order valence-electron chi connectivity index (χ0n) is 14.1. The molecule has 1 unspecified atom stereocenters. The standard InChI is InChI=1S/C18H18N6O/c1-3-16(18-21-13(2)22-25-18)23-12-10-19-17(23)14-5-7-15(8-6-14)24-11-4-9-20-24/h4-12,16H,3H2,1-2H3. The van der Waals surface area contributed by atoms with E-state index in [0.29, 0.717) is 11.7 Å². The monoisotopic (exact) mass is 334 g/mol. The molecule has 0 aliphatic rings. The van der Waals surface area contributed by atoms with Crippen molar-refractivity contribution in [2.45, 2.75) is 26.3 Å². The predicted octanol–water partition coefficient (Wildman–Crippen LogP) is 3.43. The Hall–Kier alpha value is -3.22. The molecule has 1 aromatic carbocycles. The number of rotatable bonds is 5. The molecule has 0 saturated heterocycles. The molecule has 4 aromatic rings. The highest BCUT2D eigenvalue weighted by molar-refractivity contribution is 5.58. The van der Waals surface area contributed by atoms with E-state index in [1.807, 2.05) is 54.3 Å². The SMILES string of the molecule is CCC(c1nc(C)no1)n1ccnc1-c1ccc(-n2cccn2)cc1. The topological polar surface area (TPSA) is 74.6 Å². The van der Waals surface area contributed by atoms with Gasteiger partial charge in [0, 0.05) is 30.4 Å². The molecule has 126 valence electrons. The van der Waals surface area contributed by atoms with Crippen molar-refractivity contribution < 1.29 is 4.52 Å². The van der Waals surface area contributed by atoms with Crippen LogP contribution in [0.3, 0.4) is 0 Å². The van der Waals surface area contributed by atoms with Crippen LogP contribution in [0.15, 0.2) is 59.6 Å². The molecule has 7 nitrogen and oxygen atoms in total. The first-order valence-corrected chi connectivity index (χ1v) is 8.19. The van der Waals surface area contributed by atoms with Crippen LogP contribution >= 0.6 is 0 Å². The molecule has 0 saturated carbocycles. The summed E-state index contributed by atoms with van der Waals surface area (Å²) in [5.41, 5.74) is 2.03. The summed E-state index contributed by atoms with van der Waals surface area (Å²) in [4.78, 5) is 8.91. The summed E-state index contributed by atoms with van der Waals surface area (Å²) in [6, 6.07) is 10.0. The summed E-state index contributed by atoms with van der Waals surface area (Å²) in [5, 5.41) is 8.16. The van der Waals surface area contributed by atoms with E-state index in [-0.39, 0.29) is 6.04 Å². The normalized spacial score (nSPS) is 12.4. The second-order valence-corrected chi connectivity index (χ2v) is 5.76. The van der Waals surface area contributed by atoms with Crippen LogP contribution in [0.2, 0.25) is 0 Å². The highest BCUT2D eigenvalue weighted by Gasteiger charge is 2.21. The first-order chi connectivity index (χ1) is 12.3. The van der Waals surface area contributed by atoms with Crippen molar-refractivity contribution in [2.24, 2.45) is 0 Å². The smallest absolute Gasteiger partial charge is 0.249 e. The highest BCUT2D eigenvalue weighted by Crippen LogP contribution is 2.27. The molecular formula is C18H18N6O. The molecule has 0 spiro atoms. The summed E-state index contributed by atoms with van der Waals surface area (Å²) in [6.45, 7) is 3.91. The van der Waals surface area contributed by atoms with Crippen molar-refractivity contribution in [3.8, 4) is 17.1 Å². The van der Waals surface area contributed by atoms with Gasteiger partial charge >= 0.3 is 0 Å². The van der Waals surface area contributed by atoms with Crippen LogP contribution in [0.4, 0.5) is 0 Å². The van der Waals surface area contributed by atoms with E-state index in [9.17, 15) is 0 Å². The van der Waals surface area contributed by atoms with E-state index in [1.54, 1.807) is 12.4 Å². The fourth-order valence-electron chi connectivity index (χ4n) is 2.91. The van der Waals surface area contributed by atoms with Crippen molar-refractivity contribution >= 4 is 0 Å². The predicted molar refractivity (Wildman–Crippen MR) is 92.3 cm³/mol. The summed E-state index contributed by atoms with van der Waals surface area (Å²) in [7, 11) is 0. The van der Waals surface area contributed by atoms with E-state index in [4.69, 9.17) is 4.52 Å². The molecule has 0 aliphatic heterocycles. The molecule has 0 fully saturated rings. The van der Waals surface area contributed by atoms with Crippen molar-refractivity contribution in [1.29, 1.82) is 0 Å². The van der Waals surface area contributed by atoms with Crippen LogP contribution in [-0.2, 0) is 0 Å². The van der Waals surface area contributed by atoms with Gasteiger partial charge in [0.25, 0.3) is 0 Å². The lowest BCUT2D eigenvalue weighted by Gasteiger charge is -2.15. The highest BCUT2D eigenvalue weighted by atomic mass is 16.5. The Balaban J connectivity index is 1.69. The average Bonchev–Trinajstić information content (AvgIpc) is 3.38. The Labute approximate surface area is 144 Å². The first kappa shape index (κ1) is 15.3. The Morgan fingerprint density at radius 1 is 1.12 bits per heavy atom. The van der Waals surface area contributed by atoms with Gasteiger partial charge in [-0.05, 0) is 43.7 Å². The summed E-state index contributed by atoms with van der Waals surface area (Å²) in [6.07, 6.45) is 8.25. The Bertz CT molecular complexity index is 952. The first-order valence-electron chi connectivity index (χ1n) is 8.19. The number of nitrogens with zero attached hydrogens (tertiary/aromatic N) is 6. The van der Waals surface area contributed by atoms with Crippen molar-refractivity contribution in [3.05, 3.63) is 66.8 Å². The van der Waals surface area contributed by atoms with Gasteiger partial charge in [0.1, 0.15) is 11.9 Å². The Kier molecular flexibility index (Phi) is 3.89. The van der Waals surface area contributed by atoms with Gasteiger partial charge < -0.3 is 9.09 Å². The van der Waals surface area contributed by atoms with Crippen LogP contribution < -0.4 is 0 Å². The minimum absolute atomic E-state index is 0.0375. The largest absolute Gasteiger partial charge is 0.337 e. The van der Waals surface area contributed by atoms with E-state index in [2.05, 4.69) is 31.7 Å². The van der Waals surface area contributed by atoms with Gasteiger partial charge in [-0.3, -0.25) is 0 Å². The van der Waals surface area contributed by atoms with Gasteiger partial charge in [-0.1, -0.05) is 12.1 Å². The number of benzene rings is 1. The third-order valence-electron chi connectivity index (χ3n) is 4.11. The Morgan fingerprint density at radius 2 is 1.96 bits per heavy atom. The fourth-order valence-corrected chi connectivity index (χ4v) is 2.91. The van der Waals surface area contributed by atoms with Gasteiger partial charge in [-0.15, -0.1) is 0 Å². The number of hydrogen-bond donors (Lipinski definition) is 0. The zero-order chi connectivity index (χ0) is 17.2. The Morgan fingerprint density at radius 3 is 2.60 bits per heavy atom. The maximum atomic E-state index is 5.38. The number of hydrogen-bond acceptors (Lipinski definition) is 5. The summed E-state index contributed by atoms with van der Waals surface area (Å²) >= 11 is 0. The van der Waals surface area contributed by atoms with Gasteiger partial charge in [-0.25, -0.2) is 9.67 Å². The second-order valence-electron chi connectivity index (χ2n) is 5.76. The molecule has 3 heterocycles. The van der Waals surface area contributed by atoms with E-state index in [0.717, 1.165) is 23.5 Å². The summed E-state index contributed by atoms with van der Waals surface area (Å²) < 4.78 is 9.28. The average molecular weight is 334 g/mol. The minimum atomic E-state index is -0.0375. The second kappa shape index (κ2) is 6.35. The van der Waals surface area contributed by atoms with Crippen LogP contribution in [0, 0.1) is 6.92 Å². The maximum Gasteiger partial charge on any atom is 0.249 e. The number of aryl methyl sites for hydroxylation is 1. The molecule has 0 bridgehead atoms. The molecule has 0 N–H and O–H groups in total. The molecule has 0 amide bonds. The van der Waals surface area contributed by atoms with Gasteiger partial charge in [0.2, 0.25) is 5.89 Å². The van der Waals surface area contributed by atoms with Crippen LogP contribution in [0.1, 0.15) is 31.1 Å². The van der Waals surface area contributed by atoms with Crippen LogP contribution in [0.25, 0.3) is 17.1 Å². The third-order valence-corrected chi connectivity index (χ3v) is 4.11. The molecular weight excluding hydrogens is 316 g/mol. The number of aromatic nitrogens is 6. The molecule has 0 aliphatic carbocycles. The van der Waals surface area contributed by atoms with Crippen molar-refractivity contribution in [2.75, 3.05) is 0 Å². The third kappa shape index (κ3) is 2.84. The van der Waals surface area contributed by atoms with Crippen molar-refractivity contribution in [3.63, 3.8) is 0 Å². The van der Waals surface area contributed by atoms with Crippen LogP contribution in [0.5, 0.6) is 0 Å². The molecule has 0 radical (unpaired) electrons. The van der Waals surface area contributed by atoms with E-state index >= 15 is 0 Å². The van der Waals surface area contributed by atoms with E-state index < -0.39 is 0 Å². The van der Waals surface area contributed by atoms with Gasteiger partial charge in [0.15, 0.2) is 5.82 Å². The van der Waals surface area contributed by atoms with E-state index in [1.165, 1.54) is 0 Å². The molecule has 7 heteroatoms. The van der Waals surface area contributed by atoms with Gasteiger partial charge in [-0.2, -0.15) is 10.1 Å². The molecule has 1 atom stereocenters. The molecule has 3 aromatic heterocycles. The lowest BCUT2D eigenvalue weighted by molar-refractivity contribution is 0.331. The van der Waals surface area contributed by atoms with Crippen molar-refractivity contribution in [1.82, 2.24) is 29.5 Å². The quantitative estimate of drug-likeness (QED) is 0.559. The zero-order valence-corrected chi connectivity index (χ0v) is 14.1. The fraction of sp³-hybridized carbons (Fsp3) is 0.222. The number of imidazole rings is 1.